The lowest BCUT2D eigenvalue weighted by Gasteiger charge is -2.29. The Labute approximate surface area is 139 Å². The van der Waals surface area contributed by atoms with E-state index < -0.39 is 0 Å². The van der Waals surface area contributed by atoms with Crippen molar-refractivity contribution in [3.8, 4) is 0 Å². The normalized spacial score (nSPS) is 24.6. The molecule has 2 heterocycles. The molecule has 2 aromatic heterocycles. The van der Waals surface area contributed by atoms with Crippen molar-refractivity contribution < 1.29 is 0 Å². The quantitative estimate of drug-likeness (QED) is 0.932. The molecule has 2 saturated carbocycles. The summed E-state index contributed by atoms with van der Waals surface area (Å²) >= 11 is 1.42. The topological polar surface area (TPSA) is 72.7 Å². The van der Waals surface area contributed by atoms with E-state index >= 15 is 0 Å². The minimum Gasteiger partial charge on any atom is -0.358 e. The number of hydrogen-bond donors (Lipinski definition) is 1. The Morgan fingerprint density at radius 1 is 1.17 bits per heavy atom. The maximum atomic E-state index is 12.2. The maximum absolute atomic E-state index is 12.2. The van der Waals surface area contributed by atoms with Crippen LogP contribution < -0.4 is 10.9 Å². The highest BCUT2D eigenvalue weighted by Crippen LogP contribution is 2.38. The second kappa shape index (κ2) is 6.03. The van der Waals surface area contributed by atoms with Gasteiger partial charge in [0.15, 0.2) is 0 Å². The summed E-state index contributed by atoms with van der Waals surface area (Å²) in [5.74, 6) is 1.40. The smallest absolute Gasteiger partial charge is 0.267 e. The average molecular weight is 331 g/mol. The van der Waals surface area contributed by atoms with Crippen LogP contribution in [0, 0.1) is 6.92 Å². The fraction of sp³-hybridized carbons (Fsp3) is 0.625. The van der Waals surface area contributed by atoms with E-state index in [1.165, 1.54) is 24.4 Å². The molecular weight excluding hydrogens is 310 g/mol. The standard InChI is InChI=1S/C16H21N5OS/c1-10-17-16(23-20-10)18-12-4-6-13(7-5-12)21-15(22)9-8-14(19-21)11-2-3-11/h8-9,11-13H,2-7H2,1H3,(H,17,18,20). The maximum Gasteiger partial charge on any atom is 0.267 e. The second-order valence-corrected chi connectivity index (χ2v) is 7.36. The first kappa shape index (κ1) is 14.8. The van der Waals surface area contributed by atoms with Gasteiger partial charge in [-0.15, -0.1) is 0 Å². The third-order valence-electron chi connectivity index (χ3n) is 4.74. The highest BCUT2D eigenvalue weighted by molar-refractivity contribution is 7.09. The highest BCUT2D eigenvalue weighted by atomic mass is 32.1. The van der Waals surface area contributed by atoms with Crippen LogP contribution in [-0.4, -0.2) is 25.2 Å². The Hall–Kier alpha value is -1.76. The van der Waals surface area contributed by atoms with Crippen molar-refractivity contribution in [2.75, 3.05) is 5.32 Å². The van der Waals surface area contributed by atoms with Crippen LogP contribution in [0.15, 0.2) is 16.9 Å². The lowest BCUT2D eigenvalue weighted by Crippen LogP contribution is -2.33. The molecule has 2 aliphatic carbocycles. The molecule has 2 aliphatic rings. The molecule has 23 heavy (non-hydrogen) atoms. The SMILES string of the molecule is Cc1nsc(NC2CCC(n3nc(C4CC4)ccc3=O)CC2)n1. The van der Waals surface area contributed by atoms with Crippen molar-refractivity contribution >= 4 is 16.7 Å². The molecule has 0 bridgehead atoms. The Morgan fingerprint density at radius 2 is 1.96 bits per heavy atom. The number of anilines is 1. The molecule has 0 amide bonds. The van der Waals surface area contributed by atoms with Crippen molar-refractivity contribution in [3.05, 3.63) is 34.0 Å². The van der Waals surface area contributed by atoms with Gasteiger partial charge in [0.1, 0.15) is 5.82 Å². The lowest BCUT2D eigenvalue weighted by molar-refractivity contribution is 0.301. The van der Waals surface area contributed by atoms with Gasteiger partial charge in [-0.1, -0.05) is 0 Å². The van der Waals surface area contributed by atoms with E-state index in [2.05, 4.69) is 19.8 Å². The average Bonchev–Trinajstić information content (AvgIpc) is 3.32. The van der Waals surface area contributed by atoms with Gasteiger partial charge in [-0.25, -0.2) is 9.67 Å². The van der Waals surface area contributed by atoms with Crippen molar-refractivity contribution in [3.63, 3.8) is 0 Å². The number of nitrogens with zero attached hydrogens (tertiary/aromatic N) is 4. The fourth-order valence-corrected chi connectivity index (χ4v) is 3.95. The number of aromatic nitrogens is 4. The Balaban J connectivity index is 1.41. The van der Waals surface area contributed by atoms with Gasteiger partial charge in [-0.2, -0.15) is 9.47 Å². The van der Waals surface area contributed by atoms with Gasteiger partial charge in [-0.3, -0.25) is 4.79 Å². The van der Waals surface area contributed by atoms with E-state index in [4.69, 9.17) is 0 Å². The summed E-state index contributed by atoms with van der Waals surface area (Å²) < 4.78 is 5.94. The summed E-state index contributed by atoms with van der Waals surface area (Å²) in [7, 11) is 0. The molecular formula is C16H21N5OS. The third kappa shape index (κ3) is 3.29. The molecule has 0 unspecified atom stereocenters. The van der Waals surface area contributed by atoms with Gasteiger partial charge in [0.25, 0.3) is 5.56 Å². The molecule has 0 saturated heterocycles. The van der Waals surface area contributed by atoms with E-state index in [0.29, 0.717) is 12.0 Å². The van der Waals surface area contributed by atoms with Crippen LogP contribution in [0.5, 0.6) is 0 Å². The van der Waals surface area contributed by atoms with Crippen molar-refractivity contribution in [1.29, 1.82) is 0 Å². The second-order valence-electron chi connectivity index (χ2n) is 6.61. The highest BCUT2D eigenvalue weighted by Gasteiger charge is 2.28. The first-order chi connectivity index (χ1) is 11.2. The molecule has 4 rings (SSSR count). The van der Waals surface area contributed by atoms with Crippen molar-refractivity contribution in [1.82, 2.24) is 19.1 Å². The molecule has 2 aromatic rings. The predicted molar refractivity (Wildman–Crippen MR) is 90.0 cm³/mol. The minimum absolute atomic E-state index is 0.0329. The van der Waals surface area contributed by atoms with Gasteiger partial charge in [0.2, 0.25) is 5.13 Å². The van der Waals surface area contributed by atoms with Gasteiger partial charge < -0.3 is 5.32 Å². The number of hydrogen-bond acceptors (Lipinski definition) is 6. The molecule has 0 radical (unpaired) electrons. The first-order valence-electron chi connectivity index (χ1n) is 8.35. The van der Waals surface area contributed by atoms with Gasteiger partial charge in [-0.05, 0) is 51.5 Å². The Bertz CT molecular complexity index is 743. The fourth-order valence-electron chi connectivity index (χ4n) is 3.29. The zero-order chi connectivity index (χ0) is 15.8. The predicted octanol–water partition coefficient (Wildman–Crippen LogP) is 2.88. The summed E-state index contributed by atoms with van der Waals surface area (Å²) in [6, 6.07) is 4.24. The van der Waals surface area contributed by atoms with E-state index in [1.54, 1.807) is 10.7 Å². The van der Waals surface area contributed by atoms with Gasteiger partial charge in [0, 0.05) is 29.6 Å². The minimum atomic E-state index is 0.0329. The van der Waals surface area contributed by atoms with E-state index in [-0.39, 0.29) is 11.6 Å². The van der Waals surface area contributed by atoms with E-state index in [1.807, 2.05) is 13.0 Å². The van der Waals surface area contributed by atoms with Crippen LogP contribution in [0.2, 0.25) is 0 Å². The van der Waals surface area contributed by atoms with Crippen LogP contribution in [0.25, 0.3) is 0 Å². The van der Waals surface area contributed by atoms with Crippen LogP contribution in [0.1, 0.15) is 62.0 Å². The summed E-state index contributed by atoms with van der Waals surface area (Å²) in [4.78, 5) is 16.5. The van der Waals surface area contributed by atoms with Gasteiger partial charge in [0.05, 0.1) is 11.7 Å². The molecule has 0 aromatic carbocycles. The monoisotopic (exact) mass is 331 g/mol. The number of nitrogens with one attached hydrogen (secondary N) is 1. The molecule has 6 nitrogen and oxygen atoms in total. The van der Waals surface area contributed by atoms with Crippen LogP contribution in [-0.2, 0) is 0 Å². The summed E-state index contributed by atoms with van der Waals surface area (Å²) in [6.45, 7) is 1.91. The molecule has 0 atom stereocenters. The molecule has 0 spiro atoms. The van der Waals surface area contributed by atoms with E-state index in [0.717, 1.165) is 42.3 Å². The zero-order valence-corrected chi connectivity index (χ0v) is 14.1. The summed E-state index contributed by atoms with van der Waals surface area (Å²) in [5, 5.41) is 9.00. The van der Waals surface area contributed by atoms with Gasteiger partial charge >= 0.3 is 0 Å². The van der Waals surface area contributed by atoms with Crippen LogP contribution >= 0.6 is 11.5 Å². The lowest BCUT2D eigenvalue weighted by atomic mass is 9.91. The number of aryl methyl sites for hydroxylation is 1. The third-order valence-corrected chi connectivity index (χ3v) is 5.48. The summed E-state index contributed by atoms with van der Waals surface area (Å²) in [6.07, 6.45) is 6.45. The van der Waals surface area contributed by atoms with Crippen molar-refractivity contribution in [2.45, 2.75) is 63.5 Å². The van der Waals surface area contributed by atoms with Crippen LogP contribution in [0.3, 0.4) is 0 Å². The van der Waals surface area contributed by atoms with E-state index in [9.17, 15) is 4.79 Å². The first-order valence-corrected chi connectivity index (χ1v) is 9.13. The largest absolute Gasteiger partial charge is 0.358 e. The number of rotatable bonds is 4. The molecule has 122 valence electrons. The molecule has 1 N–H and O–H groups in total. The Kier molecular flexibility index (Phi) is 3.88. The Morgan fingerprint density at radius 3 is 2.61 bits per heavy atom. The summed E-state index contributed by atoms with van der Waals surface area (Å²) in [5.41, 5.74) is 1.12. The molecule has 7 heteroatoms. The van der Waals surface area contributed by atoms with Crippen LogP contribution in [0.4, 0.5) is 5.13 Å². The zero-order valence-electron chi connectivity index (χ0n) is 13.2. The molecule has 0 aliphatic heterocycles. The van der Waals surface area contributed by atoms with Crippen molar-refractivity contribution in [2.24, 2.45) is 0 Å². The molecule has 2 fully saturated rings.